The van der Waals surface area contributed by atoms with E-state index >= 15 is 0 Å². The van der Waals surface area contributed by atoms with E-state index in [0.717, 1.165) is 49.4 Å². The van der Waals surface area contributed by atoms with Crippen molar-refractivity contribution >= 4 is 55.0 Å². The normalized spacial score (nSPS) is 10.8. The van der Waals surface area contributed by atoms with E-state index in [1.807, 2.05) is 77.2 Å². The monoisotopic (exact) mass is 519 g/mol. The fourth-order valence-corrected chi connectivity index (χ4v) is 5.99. The molecule has 5 nitrogen and oxygen atoms in total. The summed E-state index contributed by atoms with van der Waals surface area (Å²) >= 11 is 0. The molecule has 0 N–H and O–H groups in total. The summed E-state index contributed by atoms with van der Waals surface area (Å²) in [7, 11) is 0. The van der Waals surface area contributed by atoms with Gasteiger partial charge in [-0.25, -0.2) is 0 Å². The predicted octanol–water partition coefficient (Wildman–Crippen LogP) is 10.3. The standard InChI is InChI=1S/C36H17N5/c1-38-32-28(21-37)36-31(33(39-2)34(32)40-3)30-25-17-11-10-14-23(25)18-19-26(30)35-27(22-12-6-4-7-13-22)20-29(41(35)36)24-15-8-5-9-16-24/h4-20H. The Morgan fingerprint density at radius 2 is 1.22 bits per heavy atom. The Morgan fingerprint density at radius 3 is 1.88 bits per heavy atom. The van der Waals surface area contributed by atoms with Crippen LogP contribution in [0.25, 0.3) is 74.9 Å². The molecule has 0 saturated heterocycles. The lowest BCUT2D eigenvalue weighted by Gasteiger charge is -2.19. The van der Waals surface area contributed by atoms with Gasteiger partial charge in [0.1, 0.15) is 0 Å². The lowest BCUT2D eigenvalue weighted by atomic mass is 9.93. The van der Waals surface area contributed by atoms with Crippen molar-refractivity contribution in [2.75, 3.05) is 0 Å². The number of pyridine rings is 1. The maximum absolute atomic E-state index is 10.6. The van der Waals surface area contributed by atoms with Gasteiger partial charge in [0, 0.05) is 21.9 Å². The van der Waals surface area contributed by atoms with E-state index in [9.17, 15) is 5.26 Å². The van der Waals surface area contributed by atoms with Crippen LogP contribution in [0.15, 0.2) is 103 Å². The average Bonchev–Trinajstić information content (AvgIpc) is 3.44. The molecular formula is C36H17N5. The van der Waals surface area contributed by atoms with Gasteiger partial charge in [-0.2, -0.15) is 5.26 Å². The molecule has 0 atom stereocenters. The number of benzene rings is 5. The van der Waals surface area contributed by atoms with Crippen molar-refractivity contribution in [3.8, 4) is 28.5 Å². The summed E-state index contributed by atoms with van der Waals surface area (Å²) in [6.45, 7) is 24.1. The summed E-state index contributed by atoms with van der Waals surface area (Å²) in [5.74, 6) is 0. The summed E-state index contributed by atoms with van der Waals surface area (Å²) in [6.07, 6.45) is 0. The Kier molecular flexibility index (Phi) is 5.27. The van der Waals surface area contributed by atoms with Crippen molar-refractivity contribution in [1.82, 2.24) is 4.40 Å². The highest BCUT2D eigenvalue weighted by Gasteiger charge is 2.28. The molecule has 0 spiro atoms. The van der Waals surface area contributed by atoms with Gasteiger partial charge in [0.25, 0.3) is 0 Å². The molecule has 186 valence electrons. The van der Waals surface area contributed by atoms with Crippen molar-refractivity contribution in [2.45, 2.75) is 0 Å². The topological polar surface area (TPSA) is 41.3 Å². The summed E-state index contributed by atoms with van der Waals surface area (Å²) in [5.41, 5.74) is 5.11. The van der Waals surface area contributed by atoms with Gasteiger partial charge >= 0.3 is 0 Å². The molecule has 2 heterocycles. The molecule has 0 aliphatic carbocycles. The minimum atomic E-state index is -0.0872. The van der Waals surface area contributed by atoms with Gasteiger partial charge in [-0.05, 0) is 33.4 Å². The van der Waals surface area contributed by atoms with E-state index in [0.29, 0.717) is 10.9 Å². The molecule has 0 bridgehead atoms. The van der Waals surface area contributed by atoms with Crippen LogP contribution in [0, 0.1) is 31.0 Å². The van der Waals surface area contributed by atoms with Crippen LogP contribution in [0.4, 0.5) is 17.1 Å². The average molecular weight is 520 g/mol. The van der Waals surface area contributed by atoms with Crippen LogP contribution < -0.4 is 0 Å². The Labute approximate surface area is 235 Å². The number of nitrogens with zero attached hydrogens (tertiary/aromatic N) is 5. The molecule has 0 radical (unpaired) electrons. The second-order valence-corrected chi connectivity index (χ2v) is 9.66. The van der Waals surface area contributed by atoms with Gasteiger partial charge in [0.2, 0.25) is 11.4 Å². The summed E-state index contributed by atoms with van der Waals surface area (Å²) in [6, 6.07) is 36.5. The van der Waals surface area contributed by atoms with E-state index < -0.39 is 0 Å². The fourth-order valence-electron chi connectivity index (χ4n) is 5.99. The zero-order valence-electron chi connectivity index (χ0n) is 21.6. The molecular weight excluding hydrogens is 502 g/mol. The minimum absolute atomic E-state index is 0.0793. The van der Waals surface area contributed by atoms with E-state index in [4.69, 9.17) is 19.7 Å². The molecule has 0 aliphatic heterocycles. The zero-order valence-corrected chi connectivity index (χ0v) is 21.6. The van der Waals surface area contributed by atoms with Gasteiger partial charge < -0.3 is 4.40 Å². The summed E-state index contributed by atoms with van der Waals surface area (Å²) < 4.78 is 2.03. The number of rotatable bonds is 2. The molecule has 7 rings (SSSR count). The molecule has 41 heavy (non-hydrogen) atoms. The number of hydrogen-bond donors (Lipinski definition) is 0. The summed E-state index contributed by atoms with van der Waals surface area (Å²) in [4.78, 5) is 11.1. The van der Waals surface area contributed by atoms with Crippen LogP contribution in [0.5, 0.6) is 0 Å². The summed E-state index contributed by atoms with van der Waals surface area (Å²) in [5, 5.41) is 14.7. The first-order valence-corrected chi connectivity index (χ1v) is 12.9. The largest absolute Gasteiger partial charge is 0.309 e. The molecule has 0 unspecified atom stereocenters. The highest BCUT2D eigenvalue weighted by molar-refractivity contribution is 6.31. The molecule has 5 aromatic carbocycles. The van der Waals surface area contributed by atoms with Crippen LogP contribution in [0.2, 0.25) is 0 Å². The molecule has 5 heteroatoms. The van der Waals surface area contributed by atoms with Gasteiger partial charge in [-0.1, -0.05) is 97.1 Å². The van der Waals surface area contributed by atoms with Crippen molar-refractivity contribution in [3.63, 3.8) is 0 Å². The molecule has 0 aliphatic rings. The molecule has 7 aromatic rings. The van der Waals surface area contributed by atoms with Crippen LogP contribution in [-0.4, -0.2) is 4.40 Å². The Balaban J connectivity index is 1.93. The second-order valence-electron chi connectivity index (χ2n) is 9.66. The van der Waals surface area contributed by atoms with Crippen molar-refractivity contribution in [3.05, 3.63) is 143 Å². The molecule has 0 amide bonds. The highest BCUT2D eigenvalue weighted by Crippen LogP contribution is 2.52. The Hall–Kier alpha value is -6.40. The number of nitriles is 1. The maximum atomic E-state index is 10.6. The third-order valence-corrected chi connectivity index (χ3v) is 7.66. The van der Waals surface area contributed by atoms with Gasteiger partial charge in [0.05, 0.1) is 42.6 Å². The van der Waals surface area contributed by atoms with Crippen molar-refractivity contribution in [1.29, 1.82) is 5.26 Å². The number of aromatic nitrogens is 1. The van der Waals surface area contributed by atoms with Gasteiger partial charge in [-0.3, -0.25) is 14.5 Å². The first kappa shape index (κ1) is 23.7. The van der Waals surface area contributed by atoms with E-state index in [1.165, 1.54) is 0 Å². The molecule has 0 saturated carbocycles. The van der Waals surface area contributed by atoms with Crippen LogP contribution in [0.1, 0.15) is 5.56 Å². The third-order valence-electron chi connectivity index (χ3n) is 7.66. The van der Waals surface area contributed by atoms with E-state index in [2.05, 4.69) is 50.9 Å². The Bertz CT molecular complexity index is 2390. The minimum Gasteiger partial charge on any atom is -0.309 e. The third kappa shape index (κ3) is 3.25. The van der Waals surface area contributed by atoms with Gasteiger partial charge in [0.15, 0.2) is 5.69 Å². The van der Waals surface area contributed by atoms with E-state index in [-0.39, 0.29) is 22.6 Å². The van der Waals surface area contributed by atoms with Crippen LogP contribution in [-0.2, 0) is 0 Å². The molecule has 0 fully saturated rings. The lowest BCUT2D eigenvalue weighted by molar-refractivity contribution is 1.28. The smallest absolute Gasteiger partial charge is 0.203 e. The van der Waals surface area contributed by atoms with Crippen molar-refractivity contribution in [2.24, 2.45) is 0 Å². The number of hydrogen-bond acceptors (Lipinski definition) is 1. The zero-order chi connectivity index (χ0) is 28.1. The number of fused-ring (bicyclic) bond motifs is 8. The fraction of sp³-hybridized carbons (Fsp3) is 0. The van der Waals surface area contributed by atoms with E-state index in [1.54, 1.807) is 0 Å². The van der Waals surface area contributed by atoms with Crippen LogP contribution in [0.3, 0.4) is 0 Å². The second kappa shape index (κ2) is 9.11. The quantitative estimate of drug-likeness (QED) is 0.165. The maximum Gasteiger partial charge on any atom is 0.203 e. The predicted molar refractivity (Wildman–Crippen MR) is 164 cm³/mol. The van der Waals surface area contributed by atoms with Crippen LogP contribution >= 0.6 is 0 Å². The first-order valence-electron chi connectivity index (χ1n) is 12.9. The van der Waals surface area contributed by atoms with Crippen molar-refractivity contribution < 1.29 is 0 Å². The first-order chi connectivity index (χ1) is 20.2. The van der Waals surface area contributed by atoms with Gasteiger partial charge in [-0.15, -0.1) is 0 Å². The highest BCUT2D eigenvalue weighted by atomic mass is 14.9. The SMILES string of the molecule is [C-]#[N+]c1c([N+]#[C-])c(C#N)c2c(c1[N+]#[C-])c1c3ccccc3ccc1c1c(-c3ccccc3)cc(-c3ccccc3)n12. The lowest BCUT2D eigenvalue weighted by Crippen LogP contribution is -1.98. The Morgan fingerprint density at radius 1 is 0.585 bits per heavy atom. The molecule has 2 aromatic heterocycles.